The molecule has 0 spiro atoms. The first-order valence-electron chi connectivity index (χ1n) is 9.31. The number of carbonyl (C=O) groups is 2. The summed E-state index contributed by atoms with van der Waals surface area (Å²) in [6.07, 6.45) is 3.09. The largest absolute Gasteiger partial charge is 0.380 e. The number of anilines is 1. The van der Waals surface area contributed by atoms with E-state index in [1.54, 1.807) is 7.11 Å². The first kappa shape index (κ1) is 17.9. The Morgan fingerprint density at radius 2 is 1.88 bits per heavy atom. The van der Waals surface area contributed by atoms with Crippen molar-refractivity contribution in [3.05, 3.63) is 29.3 Å². The molecule has 0 saturated carbocycles. The number of amides is 2. The molecule has 2 aliphatic heterocycles. The number of hydrogen-bond acceptors (Lipinski definition) is 3. The first-order chi connectivity index (χ1) is 12.1. The number of hydrogen-bond donors (Lipinski definition) is 0. The number of likely N-dealkylation sites (tertiary alicyclic amines) is 1. The van der Waals surface area contributed by atoms with Crippen molar-refractivity contribution in [1.29, 1.82) is 0 Å². The third kappa shape index (κ3) is 3.43. The van der Waals surface area contributed by atoms with Crippen LogP contribution in [-0.2, 0) is 27.2 Å². The van der Waals surface area contributed by atoms with Crippen LogP contribution >= 0.6 is 0 Å². The molecule has 0 N–H and O–H groups in total. The number of methoxy groups -OCH3 is 1. The number of nitrogens with zero attached hydrogens (tertiary/aromatic N) is 2. The van der Waals surface area contributed by atoms with Gasteiger partial charge in [0.2, 0.25) is 11.8 Å². The average Bonchev–Trinajstić information content (AvgIpc) is 3.27. The molecule has 2 saturated heterocycles. The van der Waals surface area contributed by atoms with Crippen LogP contribution < -0.4 is 4.90 Å². The fourth-order valence-corrected chi connectivity index (χ4v) is 4.03. The summed E-state index contributed by atoms with van der Waals surface area (Å²) in [4.78, 5) is 29.2. The molecule has 2 unspecified atom stereocenters. The zero-order chi connectivity index (χ0) is 18.0. The van der Waals surface area contributed by atoms with Crippen molar-refractivity contribution in [2.45, 2.75) is 45.6 Å². The van der Waals surface area contributed by atoms with E-state index in [4.69, 9.17) is 4.74 Å². The van der Waals surface area contributed by atoms with E-state index in [2.05, 4.69) is 32.0 Å². The molecule has 2 amide bonds. The molecule has 2 fully saturated rings. The standard InChI is InChI=1S/C20H28N2O3/c1-4-14-7-6-8-15(5-2)19(14)22-12-16(11-18(22)23)20(24)21-10-9-17(13-21)25-3/h6-8,16-17H,4-5,9-13H2,1-3H3. The fourth-order valence-electron chi connectivity index (χ4n) is 4.03. The van der Waals surface area contributed by atoms with E-state index < -0.39 is 0 Å². The highest BCUT2D eigenvalue weighted by Gasteiger charge is 2.40. The molecule has 1 aromatic carbocycles. The summed E-state index contributed by atoms with van der Waals surface area (Å²) in [5.74, 6) is -0.0726. The molecule has 3 rings (SSSR count). The molecule has 0 radical (unpaired) electrons. The minimum absolute atomic E-state index is 0.0661. The number of carbonyl (C=O) groups excluding carboxylic acids is 2. The molecule has 2 heterocycles. The number of ether oxygens (including phenoxy) is 1. The molecule has 136 valence electrons. The van der Waals surface area contributed by atoms with E-state index in [-0.39, 0.29) is 23.8 Å². The summed E-state index contributed by atoms with van der Waals surface area (Å²) in [7, 11) is 1.69. The second-order valence-corrected chi connectivity index (χ2v) is 6.97. The van der Waals surface area contributed by atoms with E-state index in [1.807, 2.05) is 9.80 Å². The minimum atomic E-state index is -0.238. The highest BCUT2D eigenvalue weighted by Crippen LogP contribution is 2.33. The van der Waals surface area contributed by atoms with Crippen LogP contribution in [0.25, 0.3) is 0 Å². The molecule has 5 nitrogen and oxygen atoms in total. The lowest BCUT2D eigenvalue weighted by Gasteiger charge is -2.24. The van der Waals surface area contributed by atoms with Crippen molar-refractivity contribution in [3.8, 4) is 0 Å². The van der Waals surface area contributed by atoms with Gasteiger partial charge in [-0.25, -0.2) is 0 Å². The lowest BCUT2D eigenvalue weighted by Crippen LogP contribution is -2.36. The Hall–Kier alpha value is -1.88. The van der Waals surface area contributed by atoms with Gasteiger partial charge in [-0.05, 0) is 30.4 Å². The molecular formula is C20H28N2O3. The third-order valence-electron chi connectivity index (χ3n) is 5.50. The molecule has 0 aliphatic carbocycles. The Morgan fingerprint density at radius 3 is 2.44 bits per heavy atom. The summed E-state index contributed by atoms with van der Waals surface area (Å²) in [6.45, 7) is 6.09. The second kappa shape index (κ2) is 7.56. The van der Waals surface area contributed by atoms with E-state index in [0.29, 0.717) is 19.5 Å². The number of aryl methyl sites for hydroxylation is 2. The van der Waals surface area contributed by atoms with Gasteiger partial charge in [0.15, 0.2) is 0 Å². The van der Waals surface area contributed by atoms with Gasteiger partial charge in [0.1, 0.15) is 0 Å². The topological polar surface area (TPSA) is 49.9 Å². The molecule has 0 aromatic heterocycles. The maximum absolute atomic E-state index is 12.8. The highest BCUT2D eigenvalue weighted by atomic mass is 16.5. The summed E-state index contributed by atoms with van der Waals surface area (Å²) in [5, 5.41) is 0. The summed E-state index contributed by atoms with van der Waals surface area (Å²) >= 11 is 0. The van der Waals surface area contributed by atoms with E-state index in [9.17, 15) is 9.59 Å². The molecule has 2 aliphatic rings. The lowest BCUT2D eigenvalue weighted by atomic mass is 10.0. The van der Waals surface area contributed by atoms with Crippen molar-refractivity contribution >= 4 is 17.5 Å². The predicted molar refractivity (Wildman–Crippen MR) is 97.7 cm³/mol. The number of rotatable bonds is 5. The molecule has 25 heavy (non-hydrogen) atoms. The number of benzene rings is 1. The van der Waals surface area contributed by atoms with Crippen molar-refractivity contribution in [3.63, 3.8) is 0 Å². The zero-order valence-corrected chi connectivity index (χ0v) is 15.5. The highest BCUT2D eigenvalue weighted by molar-refractivity contribution is 6.01. The minimum Gasteiger partial charge on any atom is -0.380 e. The Bertz CT molecular complexity index is 636. The maximum Gasteiger partial charge on any atom is 0.228 e. The van der Waals surface area contributed by atoms with Gasteiger partial charge < -0.3 is 14.5 Å². The average molecular weight is 344 g/mol. The molecule has 2 atom stereocenters. The molecular weight excluding hydrogens is 316 g/mol. The van der Waals surface area contributed by atoms with Gasteiger partial charge in [-0.2, -0.15) is 0 Å². The van der Waals surface area contributed by atoms with Crippen LogP contribution in [0.15, 0.2) is 18.2 Å². The lowest BCUT2D eigenvalue weighted by molar-refractivity contribution is -0.135. The smallest absolute Gasteiger partial charge is 0.228 e. The Balaban J connectivity index is 1.78. The van der Waals surface area contributed by atoms with Gasteiger partial charge in [-0.1, -0.05) is 32.0 Å². The van der Waals surface area contributed by atoms with Gasteiger partial charge in [-0.3, -0.25) is 9.59 Å². The SMILES string of the molecule is CCc1cccc(CC)c1N1CC(C(=O)N2CCC(OC)C2)CC1=O. The Morgan fingerprint density at radius 1 is 1.20 bits per heavy atom. The van der Waals surface area contributed by atoms with Crippen molar-refractivity contribution in [1.82, 2.24) is 4.90 Å². The van der Waals surface area contributed by atoms with Gasteiger partial charge in [0.25, 0.3) is 0 Å². The summed E-state index contributed by atoms with van der Waals surface area (Å²) < 4.78 is 5.36. The van der Waals surface area contributed by atoms with Crippen LogP contribution in [0.1, 0.15) is 37.8 Å². The Kier molecular flexibility index (Phi) is 5.42. The van der Waals surface area contributed by atoms with Gasteiger partial charge in [0, 0.05) is 38.9 Å². The van der Waals surface area contributed by atoms with Crippen LogP contribution in [-0.4, -0.2) is 49.6 Å². The maximum atomic E-state index is 12.8. The van der Waals surface area contributed by atoms with Gasteiger partial charge >= 0.3 is 0 Å². The van der Waals surface area contributed by atoms with Crippen molar-refractivity contribution in [2.24, 2.45) is 5.92 Å². The van der Waals surface area contributed by atoms with Gasteiger partial charge in [0.05, 0.1) is 12.0 Å². The van der Waals surface area contributed by atoms with Crippen molar-refractivity contribution in [2.75, 3.05) is 31.6 Å². The van der Waals surface area contributed by atoms with Crippen LogP contribution in [0.2, 0.25) is 0 Å². The summed E-state index contributed by atoms with van der Waals surface area (Å²) in [5.41, 5.74) is 3.40. The Labute approximate surface area is 149 Å². The van der Waals surface area contributed by atoms with E-state index >= 15 is 0 Å². The van der Waals surface area contributed by atoms with E-state index in [1.165, 1.54) is 11.1 Å². The fraction of sp³-hybridized carbons (Fsp3) is 0.600. The molecule has 5 heteroatoms. The van der Waals surface area contributed by atoms with Crippen LogP contribution in [0.4, 0.5) is 5.69 Å². The van der Waals surface area contributed by atoms with Gasteiger partial charge in [-0.15, -0.1) is 0 Å². The first-order valence-corrected chi connectivity index (χ1v) is 9.31. The van der Waals surface area contributed by atoms with Crippen LogP contribution in [0.5, 0.6) is 0 Å². The third-order valence-corrected chi connectivity index (χ3v) is 5.50. The van der Waals surface area contributed by atoms with Crippen LogP contribution in [0, 0.1) is 5.92 Å². The van der Waals surface area contributed by atoms with Crippen LogP contribution in [0.3, 0.4) is 0 Å². The van der Waals surface area contributed by atoms with Crippen molar-refractivity contribution < 1.29 is 14.3 Å². The zero-order valence-electron chi connectivity index (χ0n) is 15.5. The second-order valence-electron chi connectivity index (χ2n) is 6.97. The quantitative estimate of drug-likeness (QED) is 0.824. The predicted octanol–water partition coefficient (Wildman–Crippen LogP) is 2.41. The normalized spacial score (nSPS) is 23.6. The monoisotopic (exact) mass is 344 g/mol. The number of para-hydroxylation sites is 1. The summed E-state index contributed by atoms with van der Waals surface area (Å²) in [6, 6.07) is 6.22. The molecule has 0 bridgehead atoms. The van der Waals surface area contributed by atoms with E-state index in [0.717, 1.165) is 31.5 Å². The molecule has 1 aromatic rings.